The van der Waals surface area contributed by atoms with E-state index < -0.39 is 11.8 Å². The molecule has 0 amide bonds. The maximum atomic E-state index is 14.9. The first kappa shape index (κ1) is 18.4. The number of fused-ring (bicyclic) bond motifs is 1. The van der Waals surface area contributed by atoms with Crippen LogP contribution in [0.5, 0.6) is 5.75 Å². The predicted octanol–water partition coefficient (Wildman–Crippen LogP) is 4.89. The van der Waals surface area contributed by atoms with E-state index in [4.69, 9.17) is 9.47 Å². The molecule has 1 unspecified atom stereocenters. The van der Waals surface area contributed by atoms with Crippen molar-refractivity contribution in [3.8, 4) is 5.75 Å². The Hall–Kier alpha value is -2.36. The zero-order chi connectivity index (χ0) is 18.5. The zero-order valence-electron chi connectivity index (χ0n) is 15.4. The van der Waals surface area contributed by atoms with E-state index in [1.165, 1.54) is 0 Å². The van der Waals surface area contributed by atoms with E-state index in [9.17, 15) is 9.18 Å². The number of hydrogen-bond acceptors (Lipinski definition) is 3. The molecule has 1 heterocycles. The van der Waals surface area contributed by atoms with E-state index in [1.54, 1.807) is 0 Å². The van der Waals surface area contributed by atoms with Crippen molar-refractivity contribution in [2.24, 2.45) is 0 Å². The summed E-state index contributed by atoms with van der Waals surface area (Å²) in [4.78, 5) is 12.2. The molecule has 2 aromatic rings. The topological polar surface area (TPSA) is 35.5 Å². The first-order valence-electron chi connectivity index (χ1n) is 9.35. The van der Waals surface area contributed by atoms with Crippen LogP contribution in [0.4, 0.5) is 4.39 Å². The van der Waals surface area contributed by atoms with Crippen molar-refractivity contribution < 1.29 is 18.7 Å². The van der Waals surface area contributed by atoms with Crippen molar-refractivity contribution in [1.82, 2.24) is 0 Å². The van der Waals surface area contributed by atoms with Crippen LogP contribution in [0.1, 0.15) is 53.7 Å². The number of hydrogen-bond donors (Lipinski definition) is 0. The molecule has 0 radical (unpaired) electrons. The van der Waals surface area contributed by atoms with Gasteiger partial charge in [0, 0.05) is 6.42 Å². The van der Waals surface area contributed by atoms with E-state index in [-0.39, 0.29) is 11.7 Å². The summed E-state index contributed by atoms with van der Waals surface area (Å²) in [6, 6.07) is 11.5. The molecule has 3 rings (SSSR count). The molecule has 26 heavy (non-hydrogen) atoms. The van der Waals surface area contributed by atoms with Gasteiger partial charge < -0.3 is 9.47 Å². The summed E-state index contributed by atoms with van der Waals surface area (Å²) in [5.74, 6) is -0.112. The number of benzene rings is 2. The van der Waals surface area contributed by atoms with E-state index in [2.05, 4.69) is 0 Å². The van der Waals surface area contributed by atoms with E-state index in [0.29, 0.717) is 31.4 Å². The highest BCUT2D eigenvalue weighted by Gasteiger charge is 2.29. The minimum absolute atomic E-state index is 0.126. The van der Waals surface area contributed by atoms with Gasteiger partial charge in [0.05, 0.1) is 12.2 Å². The fourth-order valence-electron chi connectivity index (χ4n) is 3.42. The van der Waals surface area contributed by atoms with Gasteiger partial charge in [-0.05, 0) is 55.0 Å². The highest BCUT2D eigenvalue weighted by atomic mass is 19.1. The van der Waals surface area contributed by atoms with Crippen LogP contribution in [0.3, 0.4) is 0 Å². The van der Waals surface area contributed by atoms with Crippen molar-refractivity contribution in [2.45, 2.75) is 52.1 Å². The van der Waals surface area contributed by atoms with E-state index in [0.717, 1.165) is 29.7 Å². The molecule has 138 valence electrons. The van der Waals surface area contributed by atoms with Gasteiger partial charge in [0.1, 0.15) is 17.7 Å². The maximum absolute atomic E-state index is 14.9. The first-order chi connectivity index (χ1) is 12.6. The average molecular weight is 356 g/mol. The third-order valence-electron chi connectivity index (χ3n) is 4.76. The fourth-order valence-corrected chi connectivity index (χ4v) is 3.42. The zero-order valence-corrected chi connectivity index (χ0v) is 15.4. The van der Waals surface area contributed by atoms with Gasteiger partial charge in [-0.15, -0.1) is 0 Å². The number of ether oxygens (including phenoxy) is 2. The standard InChI is InChI=1S/C22H25FO3/c1-3-5-19-14-17-11-10-16(21(23)20(17)22(24)26-19)9-6-15-7-12-18(13-8-15)25-4-2/h7-8,10-13,19H,3-6,9,14H2,1-2H3. The van der Waals surface area contributed by atoms with Gasteiger partial charge in [-0.3, -0.25) is 0 Å². The number of aryl methyl sites for hydroxylation is 2. The van der Waals surface area contributed by atoms with E-state index in [1.807, 2.05) is 50.2 Å². The van der Waals surface area contributed by atoms with Gasteiger partial charge in [0.2, 0.25) is 0 Å². The van der Waals surface area contributed by atoms with Crippen LogP contribution in [0.25, 0.3) is 0 Å². The molecule has 0 fully saturated rings. The van der Waals surface area contributed by atoms with Crippen LogP contribution in [0, 0.1) is 5.82 Å². The quantitative estimate of drug-likeness (QED) is 0.663. The second kappa shape index (κ2) is 8.35. The molecule has 0 saturated carbocycles. The van der Waals surface area contributed by atoms with Crippen LogP contribution < -0.4 is 4.74 Å². The van der Waals surface area contributed by atoms with Crippen LogP contribution >= 0.6 is 0 Å². The van der Waals surface area contributed by atoms with E-state index >= 15 is 0 Å². The van der Waals surface area contributed by atoms with Gasteiger partial charge in [-0.2, -0.15) is 0 Å². The smallest absolute Gasteiger partial charge is 0.341 e. The van der Waals surface area contributed by atoms with Gasteiger partial charge in [0.15, 0.2) is 0 Å². The van der Waals surface area contributed by atoms with Crippen LogP contribution in [0.15, 0.2) is 36.4 Å². The van der Waals surface area contributed by atoms with Gasteiger partial charge in [0.25, 0.3) is 0 Å². The average Bonchev–Trinajstić information content (AvgIpc) is 2.62. The molecule has 1 atom stereocenters. The Bertz CT molecular complexity index is 768. The second-order valence-electron chi connectivity index (χ2n) is 6.67. The lowest BCUT2D eigenvalue weighted by Gasteiger charge is -2.25. The Morgan fingerprint density at radius 1 is 1.12 bits per heavy atom. The molecule has 2 aromatic carbocycles. The molecule has 1 aliphatic heterocycles. The number of carbonyl (C=O) groups is 1. The number of carbonyl (C=O) groups excluding carboxylic acids is 1. The van der Waals surface area contributed by atoms with Crippen molar-refractivity contribution in [3.05, 3.63) is 64.5 Å². The minimum Gasteiger partial charge on any atom is -0.494 e. The lowest BCUT2D eigenvalue weighted by Crippen LogP contribution is -2.29. The van der Waals surface area contributed by atoms with Crippen LogP contribution in [0.2, 0.25) is 0 Å². The van der Waals surface area contributed by atoms with Gasteiger partial charge in [-0.25, -0.2) is 9.18 Å². The summed E-state index contributed by atoms with van der Waals surface area (Å²) in [5.41, 5.74) is 2.56. The molecule has 1 aliphatic rings. The Morgan fingerprint density at radius 2 is 1.88 bits per heavy atom. The number of esters is 1. The maximum Gasteiger partial charge on any atom is 0.341 e. The van der Waals surface area contributed by atoms with Crippen molar-refractivity contribution >= 4 is 5.97 Å². The second-order valence-corrected chi connectivity index (χ2v) is 6.67. The van der Waals surface area contributed by atoms with Crippen LogP contribution in [-0.4, -0.2) is 18.7 Å². The fraction of sp³-hybridized carbons (Fsp3) is 0.409. The highest BCUT2D eigenvalue weighted by molar-refractivity contribution is 5.92. The Morgan fingerprint density at radius 3 is 2.58 bits per heavy atom. The monoisotopic (exact) mass is 356 g/mol. The molecule has 3 nitrogen and oxygen atoms in total. The van der Waals surface area contributed by atoms with Crippen molar-refractivity contribution in [1.29, 1.82) is 0 Å². The largest absolute Gasteiger partial charge is 0.494 e. The minimum atomic E-state index is -0.523. The third kappa shape index (κ3) is 4.06. The molecular formula is C22H25FO3. The Balaban J connectivity index is 1.72. The summed E-state index contributed by atoms with van der Waals surface area (Å²) in [5, 5.41) is 0. The SMILES string of the molecule is CCCC1Cc2ccc(CCc3ccc(OCC)cc3)c(F)c2C(=O)O1. The summed E-state index contributed by atoms with van der Waals surface area (Å²) in [7, 11) is 0. The summed E-state index contributed by atoms with van der Waals surface area (Å²) < 4.78 is 25.7. The third-order valence-corrected chi connectivity index (χ3v) is 4.76. The normalized spacial score (nSPS) is 16.1. The molecule has 0 spiro atoms. The summed E-state index contributed by atoms with van der Waals surface area (Å²) in [6.45, 7) is 4.63. The molecule has 0 aromatic heterocycles. The number of rotatable bonds is 7. The molecule has 0 aliphatic carbocycles. The van der Waals surface area contributed by atoms with Crippen molar-refractivity contribution in [2.75, 3.05) is 6.61 Å². The number of halogens is 1. The van der Waals surface area contributed by atoms with Gasteiger partial charge >= 0.3 is 5.97 Å². The molecule has 0 N–H and O–H groups in total. The first-order valence-corrected chi connectivity index (χ1v) is 9.35. The molecular weight excluding hydrogens is 331 g/mol. The summed E-state index contributed by atoms with van der Waals surface area (Å²) >= 11 is 0. The Kier molecular flexibility index (Phi) is 5.92. The number of cyclic esters (lactones) is 1. The van der Waals surface area contributed by atoms with Gasteiger partial charge in [-0.1, -0.05) is 37.6 Å². The van der Waals surface area contributed by atoms with Crippen LogP contribution in [-0.2, 0) is 24.0 Å². The van der Waals surface area contributed by atoms with Crippen molar-refractivity contribution in [3.63, 3.8) is 0 Å². The predicted molar refractivity (Wildman–Crippen MR) is 99.2 cm³/mol. The lowest BCUT2D eigenvalue weighted by atomic mass is 9.92. The summed E-state index contributed by atoms with van der Waals surface area (Å²) in [6.07, 6.45) is 3.47. The molecule has 0 bridgehead atoms. The Labute approximate surface area is 154 Å². The highest BCUT2D eigenvalue weighted by Crippen LogP contribution is 2.28. The lowest BCUT2D eigenvalue weighted by molar-refractivity contribution is 0.0229. The molecule has 0 saturated heterocycles. The molecule has 4 heteroatoms.